The van der Waals surface area contributed by atoms with Gasteiger partial charge in [-0.1, -0.05) is 99.7 Å². The molecule has 0 aliphatic heterocycles. The van der Waals surface area contributed by atoms with Crippen molar-refractivity contribution >= 4 is 34.6 Å². The fraction of sp³-hybridized carbons (Fsp3) is 0.308. The number of aromatic amines is 1. The van der Waals surface area contributed by atoms with Gasteiger partial charge in [0.05, 0.1) is 6.54 Å². The Labute approximate surface area is 218 Å². The largest absolute Gasteiger partial charge is 0.321 e. The summed E-state index contributed by atoms with van der Waals surface area (Å²) < 4.78 is 2.27. The topological polar surface area (TPSA) is 98.1 Å². The van der Waals surface area contributed by atoms with Crippen molar-refractivity contribution in [3.8, 4) is 22.5 Å². The summed E-state index contributed by atoms with van der Waals surface area (Å²) in [5.41, 5.74) is 6.26. The Hall–Kier alpha value is -3.24. The first-order valence-electron chi connectivity index (χ1n) is 11.9. The molecule has 0 bridgehead atoms. The molecule has 0 aliphatic carbocycles. The van der Waals surface area contributed by atoms with Gasteiger partial charge in [0.2, 0.25) is 5.82 Å². The molecule has 0 atom stereocenters. The molecule has 0 saturated carbocycles. The van der Waals surface area contributed by atoms with Gasteiger partial charge in [-0.15, -0.1) is 20.4 Å². The van der Waals surface area contributed by atoms with Gasteiger partial charge in [0.25, 0.3) is 0 Å². The summed E-state index contributed by atoms with van der Waals surface area (Å²) >= 11 is 3.43. The molecule has 2 aromatic carbocycles. The third-order valence-electron chi connectivity index (χ3n) is 5.64. The molecule has 3 heterocycles. The third kappa shape index (κ3) is 4.87. The van der Waals surface area contributed by atoms with Gasteiger partial charge in [0.15, 0.2) is 0 Å². The van der Waals surface area contributed by atoms with Crippen LogP contribution in [0, 0.1) is 6.92 Å². The predicted octanol–water partition coefficient (Wildman–Crippen LogP) is 6.03. The molecule has 1 N–H and O–H groups in total. The summed E-state index contributed by atoms with van der Waals surface area (Å²) in [6.45, 7) is 11.4. The number of nitrogens with one attached hydrogen (secondary N) is 1. The number of imidazole rings is 1. The smallest absolute Gasteiger partial charge is 0.205 e. The van der Waals surface area contributed by atoms with Crippen LogP contribution in [0.2, 0.25) is 0 Å². The van der Waals surface area contributed by atoms with Crippen LogP contribution in [0.5, 0.6) is 0 Å². The first kappa shape index (κ1) is 24.5. The minimum absolute atomic E-state index is 0.379. The lowest BCUT2D eigenvalue weighted by Crippen LogP contribution is -2.06. The SMILES string of the molecule is Cc1nc2c(SC(C)C)nnc(SC(C)C)c2n1Cc1ccccc1-c1ccccc1-c1nn[nH]n1. The average molecular weight is 517 g/mol. The van der Waals surface area contributed by atoms with E-state index in [1.807, 2.05) is 18.2 Å². The Morgan fingerprint density at radius 3 is 2.14 bits per heavy atom. The highest BCUT2D eigenvalue weighted by Crippen LogP contribution is 2.37. The van der Waals surface area contributed by atoms with Gasteiger partial charge in [-0.3, -0.25) is 0 Å². The second-order valence-electron chi connectivity index (χ2n) is 9.02. The van der Waals surface area contributed by atoms with E-state index in [1.54, 1.807) is 23.5 Å². The molecule has 0 spiro atoms. The van der Waals surface area contributed by atoms with Crippen molar-refractivity contribution < 1.29 is 0 Å². The number of thioether (sulfide) groups is 2. The number of aryl methyl sites for hydroxylation is 1. The van der Waals surface area contributed by atoms with E-state index in [0.717, 1.165) is 43.6 Å². The van der Waals surface area contributed by atoms with Crippen molar-refractivity contribution in [2.24, 2.45) is 0 Å². The van der Waals surface area contributed by atoms with Gasteiger partial charge >= 0.3 is 0 Å². The molecule has 0 unspecified atom stereocenters. The fourth-order valence-electron chi connectivity index (χ4n) is 4.20. The first-order chi connectivity index (χ1) is 17.4. The van der Waals surface area contributed by atoms with Crippen LogP contribution in [-0.2, 0) is 6.54 Å². The highest BCUT2D eigenvalue weighted by molar-refractivity contribution is 8.00. The second kappa shape index (κ2) is 10.4. The van der Waals surface area contributed by atoms with Crippen molar-refractivity contribution in [3.05, 3.63) is 59.9 Å². The summed E-state index contributed by atoms with van der Waals surface area (Å²) in [5, 5.41) is 26.5. The van der Waals surface area contributed by atoms with Crippen LogP contribution >= 0.6 is 23.5 Å². The summed E-state index contributed by atoms with van der Waals surface area (Å²) in [6, 6.07) is 16.6. The Morgan fingerprint density at radius 2 is 1.44 bits per heavy atom. The quantitative estimate of drug-likeness (QED) is 0.250. The number of benzene rings is 2. The number of aromatic nitrogens is 8. The number of nitrogens with zero attached hydrogens (tertiary/aromatic N) is 7. The van der Waals surface area contributed by atoms with Gasteiger partial charge in [0.1, 0.15) is 26.9 Å². The third-order valence-corrected chi connectivity index (χ3v) is 7.58. The van der Waals surface area contributed by atoms with Gasteiger partial charge in [-0.25, -0.2) is 4.98 Å². The normalized spacial score (nSPS) is 11.8. The van der Waals surface area contributed by atoms with Crippen LogP contribution in [0.25, 0.3) is 33.5 Å². The highest BCUT2D eigenvalue weighted by atomic mass is 32.2. The lowest BCUT2D eigenvalue weighted by Gasteiger charge is -2.16. The molecular formula is C26H28N8S2. The van der Waals surface area contributed by atoms with Crippen molar-refractivity contribution in [3.63, 3.8) is 0 Å². The van der Waals surface area contributed by atoms with Crippen molar-refractivity contribution in [1.82, 2.24) is 40.4 Å². The minimum atomic E-state index is 0.379. The maximum atomic E-state index is 4.98. The van der Waals surface area contributed by atoms with Gasteiger partial charge in [-0.2, -0.15) is 5.21 Å². The monoisotopic (exact) mass is 516 g/mol. The fourth-order valence-corrected chi connectivity index (χ4v) is 5.84. The molecule has 5 rings (SSSR count). The van der Waals surface area contributed by atoms with Crippen LogP contribution < -0.4 is 0 Å². The molecule has 3 aromatic heterocycles. The zero-order valence-corrected chi connectivity index (χ0v) is 22.6. The van der Waals surface area contributed by atoms with Crippen LogP contribution in [0.15, 0.2) is 58.6 Å². The zero-order valence-electron chi connectivity index (χ0n) is 20.9. The van der Waals surface area contributed by atoms with Gasteiger partial charge < -0.3 is 4.57 Å². The highest BCUT2D eigenvalue weighted by Gasteiger charge is 2.21. The van der Waals surface area contributed by atoms with E-state index >= 15 is 0 Å². The number of tetrazole rings is 1. The molecule has 0 aliphatic rings. The zero-order chi connectivity index (χ0) is 25.2. The molecule has 8 nitrogen and oxygen atoms in total. The lowest BCUT2D eigenvalue weighted by atomic mass is 9.95. The summed E-state index contributed by atoms with van der Waals surface area (Å²) in [6.07, 6.45) is 0. The Morgan fingerprint density at radius 1 is 0.806 bits per heavy atom. The molecule has 0 saturated heterocycles. The molecule has 0 amide bonds. The number of fused-ring (bicyclic) bond motifs is 1. The number of hydrogen-bond acceptors (Lipinski definition) is 8. The average Bonchev–Trinajstić information content (AvgIpc) is 3.50. The van der Waals surface area contributed by atoms with Gasteiger partial charge in [-0.05, 0) is 28.8 Å². The maximum absolute atomic E-state index is 4.98. The Kier molecular flexibility index (Phi) is 7.06. The van der Waals surface area contributed by atoms with E-state index in [0.29, 0.717) is 22.9 Å². The molecule has 5 aromatic rings. The van der Waals surface area contributed by atoms with Crippen LogP contribution in [0.3, 0.4) is 0 Å². The summed E-state index contributed by atoms with van der Waals surface area (Å²) in [7, 11) is 0. The van der Waals surface area contributed by atoms with Crippen molar-refractivity contribution in [1.29, 1.82) is 0 Å². The second-order valence-corrected chi connectivity index (χ2v) is 12.2. The first-order valence-corrected chi connectivity index (χ1v) is 13.7. The number of H-pyrrole nitrogens is 1. The molecule has 10 heteroatoms. The van der Waals surface area contributed by atoms with Crippen LogP contribution in [-0.4, -0.2) is 50.9 Å². The molecule has 184 valence electrons. The van der Waals surface area contributed by atoms with Crippen molar-refractivity contribution in [2.75, 3.05) is 0 Å². The van der Waals surface area contributed by atoms with E-state index in [4.69, 9.17) is 4.98 Å². The minimum Gasteiger partial charge on any atom is -0.321 e. The van der Waals surface area contributed by atoms with E-state index < -0.39 is 0 Å². The Bertz CT molecular complexity index is 1490. The van der Waals surface area contributed by atoms with E-state index in [9.17, 15) is 0 Å². The molecule has 0 fully saturated rings. The van der Waals surface area contributed by atoms with E-state index in [2.05, 4.69) is 100 Å². The standard InChI is InChI=1S/C26H28N8S2/c1-15(2)35-25-22-23(26(31-30-25)36-16(3)4)34(17(5)27-22)14-18-10-6-7-11-19(18)20-12-8-9-13-21(20)24-28-32-33-29-24/h6-13,15-16H,14H2,1-5H3,(H,28,29,32,33). The van der Waals surface area contributed by atoms with E-state index in [-0.39, 0.29) is 0 Å². The maximum Gasteiger partial charge on any atom is 0.205 e. The molecular weight excluding hydrogens is 488 g/mol. The predicted molar refractivity (Wildman–Crippen MR) is 146 cm³/mol. The van der Waals surface area contributed by atoms with Crippen LogP contribution in [0.1, 0.15) is 39.1 Å². The van der Waals surface area contributed by atoms with Crippen LogP contribution in [0.4, 0.5) is 0 Å². The molecule has 36 heavy (non-hydrogen) atoms. The van der Waals surface area contributed by atoms with Gasteiger partial charge in [0, 0.05) is 16.1 Å². The lowest BCUT2D eigenvalue weighted by molar-refractivity contribution is 0.771. The number of hydrogen-bond donors (Lipinski definition) is 1. The number of rotatable bonds is 8. The molecule has 0 radical (unpaired) electrons. The Balaban J connectivity index is 1.65. The summed E-state index contributed by atoms with van der Waals surface area (Å²) in [4.78, 5) is 4.98. The van der Waals surface area contributed by atoms with Crippen molar-refractivity contribution in [2.45, 2.75) is 61.7 Å². The van der Waals surface area contributed by atoms with E-state index in [1.165, 1.54) is 5.56 Å². The summed E-state index contributed by atoms with van der Waals surface area (Å²) in [5.74, 6) is 1.52.